The summed E-state index contributed by atoms with van der Waals surface area (Å²) in [4.78, 5) is 0.469. The molecule has 2 nitrogen and oxygen atoms in total. The molecule has 0 spiro atoms. The van der Waals surface area contributed by atoms with Crippen LogP contribution in [-0.4, -0.2) is 22.9 Å². The largest absolute Gasteiger partial charge is 0.462 e. The standard InChI is InChI=1S/C9H9BF2O2S.C2H6.W.Y/c1-6-2-3-7(15-5-9(11)12)4-8(6)10(13)14;1-2;;/h2,4,13-14H,5H2,1H3;1-2H3;;/q-2;;;. The minimum atomic E-state index is -1.67. The molecule has 0 aliphatic heterocycles. The Kier molecular flexibility index (Phi) is 18.8. The maximum absolute atomic E-state index is 11.8. The molecule has 0 fully saturated rings. The van der Waals surface area contributed by atoms with Crippen molar-refractivity contribution < 1.29 is 72.6 Å². The van der Waals surface area contributed by atoms with E-state index in [1.165, 1.54) is 6.07 Å². The smallest absolute Gasteiger partial charge is 0.424 e. The Labute approximate surface area is 157 Å². The van der Waals surface area contributed by atoms with Crippen LogP contribution < -0.4 is 5.46 Å². The van der Waals surface area contributed by atoms with E-state index in [-0.39, 0.29) is 53.8 Å². The molecule has 1 rings (SSSR count). The van der Waals surface area contributed by atoms with Gasteiger partial charge in [0, 0.05) is 60.2 Å². The normalized spacial score (nSPS) is 8.84. The van der Waals surface area contributed by atoms with Crippen LogP contribution in [0.15, 0.2) is 17.0 Å². The Morgan fingerprint density at radius 2 is 1.89 bits per heavy atom. The van der Waals surface area contributed by atoms with E-state index in [1.54, 1.807) is 13.0 Å². The monoisotopic (exact) mass is 533 g/mol. The number of benzene rings is 1. The summed E-state index contributed by atoms with van der Waals surface area (Å²) in [6.45, 7) is 5.70. The average molecular weight is 533 g/mol. The van der Waals surface area contributed by atoms with Gasteiger partial charge < -0.3 is 18.8 Å². The first-order valence-corrected chi connectivity index (χ1v) is 6.17. The van der Waals surface area contributed by atoms with Crippen LogP contribution in [0.5, 0.6) is 0 Å². The van der Waals surface area contributed by atoms with E-state index in [9.17, 15) is 8.78 Å². The van der Waals surface area contributed by atoms with Gasteiger partial charge in [0.15, 0.2) is 0 Å². The molecule has 2 N–H and O–H groups in total. The van der Waals surface area contributed by atoms with Crippen molar-refractivity contribution in [3.63, 3.8) is 0 Å². The van der Waals surface area contributed by atoms with Crippen LogP contribution in [0.1, 0.15) is 19.4 Å². The zero-order valence-corrected chi connectivity index (χ0v) is 17.6. The topological polar surface area (TPSA) is 40.5 Å². The molecule has 19 heavy (non-hydrogen) atoms. The quantitative estimate of drug-likeness (QED) is 0.354. The Balaban J connectivity index is -0.000000609. The summed E-state index contributed by atoms with van der Waals surface area (Å²) < 4.78 is 23.7. The van der Waals surface area contributed by atoms with Gasteiger partial charge in [-0.3, -0.25) is 0 Å². The molecule has 0 bridgehead atoms. The van der Waals surface area contributed by atoms with Gasteiger partial charge in [-0.05, 0) is 0 Å². The van der Waals surface area contributed by atoms with E-state index >= 15 is 0 Å². The minimum absolute atomic E-state index is 0. The van der Waals surface area contributed by atoms with Crippen molar-refractivity contribution in [3.8, 4) is 0 Å². The summed E-state index contributed by atoms with van der Waals surface area (Å²) in [5.74, 6) is -0.402. The second-order valence-electron chi connectivity index (χ2n) is 2.94. The predicted molar refractivity (Wildman–Crippen MR) is 67.4 cm³/mol. The molecule has 8 heteroatoms. The van der Waals surface area contributed by atoms with Gasteiger partial charge in [-0.2, -0.15) is 35.5 Å². The van der Waals surface area contributed by atoms with E-state index in [2.05, 4.69) is 6.07 Å². The van der Waals surface area contributed by atoms with Crippen LogP contribution >= 0.6 is 11.8 Å². The average Bonchev–Trinajstić information content (AvgIpc) is 2.30. The van der Waals surface area contributed by atoms with Crippen LogP contribution in [0.25, 0.3) is 0 Å². The first-order chi connectivity index (χ1) is 8.00. The van der Waals surface area contributed by atoms with Crippen LogP contribution in [0.3, 0.4) is 0 Å². The van der Waals surface area contributed by atoms with Gasteiger partial charge in [0.2, 0.25) is 0 Å². The zero-order valence-electron chi connectivity index (χ0n) is 11.0. The summed E-state index contributed by atoms with van der Waals surface area (Å²) in [5, 5.41) is 18.0. The number of rotatable bonds is 4. The van der Waals surface area contributed by atoms with Gasteiger partial charge in [0.05, 0.1) is 0 Å². The molecule has 0 aromatic heterocycles. The number of hydrogen-bond acceptors (Lipinski definition) is 3. The molecule has 0 saturated carbocycles. The zero-order chi connectivity index (χ0) is 13.4. The van der Waals surface area contributed by atoms with Gasteiger partial charge >= 0.3 is 7.12 Å². The Hall–Kier alpha value is 1.21. The third-order valence-electron chi connectivity index (χ3n) is 1.79. The summed E-state index contributed by atoms with van der Waals surface area (Å²) in [6.07, 6.45) is -1.67. The van der Waals surface area contributed by atoms with Gasteiger partial charge in [-0.25, -0.2) is 0 Å². The van der Waals surface area contributed by atoms with Crippen LogP contribution in [0.4, 0.5) is 8.78 Å². The molecule has 0 unspecified atom stereocenters. The van der Waals surface area contributed by atoms with Crippen molar-refractivity contribution in [1.29, 1.82) is 0 Å². The molecule has 105 valence electrons. The summed E-state index contributed by atoms with van der Waals surface area (Å²) in [7, 11) is -1.59. The predicted octanol–water partition coefficient (Wildman–Crippen LogP) is 2.02. The maximum atomic E-state index is 11.8. The number of aryl methyl sites for hydroxylation is 1. The van der Waals surface area contributed by atoms with E-state index in [4.69, 9.17) is 10.0 Å². The molecule has 0 aliphatic carbocycles. The number of hydrogen-bond donors (Lipinski definition) is 2. The molecule has 0 saturated heterocycles. The summed E-state index contributed by atoms with van der Waals surface area (Å²) in [5.41, 5.74) is 0.981. The van der Waals surface area contributed by atoms with E-state index in [0.717, 1.165) is 11.8 Å². The first kappa shape index (κ1) is 25.2. The van der Waals surface area contributed by atoms with Crippen molar-refractivity contribution >= 4 is 24.3 Å². The Bertz CT molecular complexity index is 346. The van der Waals surface area contributed by atoms with Crippen molar-refractivity contribution in [3.05, 3.63) is 30.2 Å². The van der Waals surface area contributed by atoms with Gasteiger partial charge in [-0.15, -0.1) is 10.4 Å². The molecule has 0 heterocycles. The molecule has 0 atom stereocenters. The van der Waals surface area contributed by atoms with Crippen LogP contribution in [0, 0.1) is 19.4 Å². The van der Waals surface area contributed by atoms with Crippen molar-refractivity contribution in [2.24, 2.45) is 0 Å². The Morgan fingerprint density at radius 3 is 2.32 bits per heavy atom. The summed E-state index contributed by atoms with van der Waals surface area (Å²) >= 11 is 0.904. The van der Waals surface area contributed by atoms with Crippen LogP contribution in [0.2, 0.25) is 0 Å². The Morgan fingerprint density at radius 1 is 1.37 bits per heavy atom. The molecule has 1 aromatic rings. The first-order valence-electron chi connectivity index (χ1n) is 5.18. The SMILES string of the molecule is CC.Cc1c[c-]c(SC[C-](F)F)cc1B(O)O.[W].[Y]. The molecule has 1 aromatic carbocycles. The van der Waals surface area contributed by atoms with E-state index < -0.39 is 19.3 Å². The second-order valence-corrected chi connectivity index (χ2v) is 3.95. The third kappa shape index (κ3) is 10.6. The van der Waals surface area contributed by atoms with Gasteiger partial charge in [-0.1, -0.05) is 26.5 Å². The van der Waals surface area contributed by atoms with Gasteiger partial charge in [0.25, 0.3) is 0 Å². The molecule has 0 amide bonds. The number of thioether (sulfide) groups is 1. The van der Waals surface area contributed by atoms with E-state index in [0.29, 0.717) is 15.9 Å². The fraction of sp³-hybridized carbons (Fsp3) is 0.364. The van der Waals surface area contributed by atoms with E-state index in [1.807, 2.05) is 13.8 Å². The van der Waals surface area contributed by atoms with Crippen LogP contribution in [-0.2, 0) is 53.8 Å². The van der Waals surface area contributed by atoms with Gasteiger partial charge in [0.1, 0.15) is 0 Å². The third-order valence-corrected chi connectivity index (χ3v) is 2.70. The van der Waals surface area contributed by atoms with Crippen molar-refractivity contribution in [1.82, 2.24) is 0 Å². The van der Waals surface area contributed by atoms with Crippen molar-refractivity contribution in [2.45, 2.75) is 25.7 Å². The molecular weight excluding hydrogens is 518 g/mol. The minimum Gasteiger partial charge on any atom is -0.424 e. The second kappa shape index (κ2) is 14.2. The fourth-order valence-electron chi connectivity index (χ4n) is 1.05. The maximum Gasteiger partial charge on any atom is 0.462 e. The molecular formula is C11H15BF2O2SWY-2. The fourth-order valence-corrected chi connectivity index (χ4v) is 1.67. The van der Waals surface area contributed by atoms with Crippen molar-refractivity contribution in [2.75, 3.05) is 5.75 Å². The molecule has 0 aliphatic rings. The number of halogens is 2. The molecule has 1 radical (unpaired) electrons. The summed E-state index contributed by atoms with van der Waals surface area (Å²) in [6, 6.07) is 5.78.